The zero-order valence-electron chi connectivity index (χ0n) is 31.1. The van der Waals surface area contributed by atoms with E-state index in [1.54, 1.807) is 6.92 Å². The van der Waals surface area contributed by atoms with Crippen LogP contribution >= 0.6 is 15.9 Å². The number of hydrogen-bond donors (Lipinski definition) is 1. The predicted octanol–water partition coefficient (Wildman–Crippen LogP) is 11.4. The quantitative estimate of drug-likeness (QED) is 0.257. The predicted molar refractivity (Wildman–Crippen MR) is 206 cm³/mol. The van der Waals surface area contributed by atoms with Gasteiger partial charge in [0.1, 0.15) is 0 Å². The number of hydrogen-bond acceptors (Lipinski definition) is 4. The lowest BCUT2D eigenvalue weighted by atomic mass is 9.87. The van der Waals surface area contributed by atoms with Crippen LogP contribution in [0.4, 0.5) is 8.78 Å². The van der Waals surface area contributed by atoms with Gasteiger partial charge in [0.05, 0.1) is 12.5 Å². The van der Waals surface area contributed by atoms with E-state index in [0.717, 1.165) is 46.5 Å². The van der Waals surface area contributed by atoms with Crippen LogP contribution in [0.25, 0.3) is 6.08 Å². The summed E-state index contributed by atoms with van der Waals surface area (Å²) in [6, 6.07) is 17.6. The average molecular weight is 729 g/mol. The van der Waals surface area contributed by atoms with Crippen molar-refractivity contribution in [1.29, 1.82) is 0 Å². The maximum absolute atomic E-state index is 13.6. The zero-order chi connectivity index (χ0) is 36.3. The van der Waals surface area contributed by atoms with Crippen molar-refractivity contribution in [2.45, 2.75) is 106 Å². The SMILES string of the molecule is CC.CC.CC.CC(=O)c1ccc(C2CCN(C/C(C)=C/c3c(Br)ccnc3C)CC2)cc1.Cc1ccc(C2CCNCC2(F)F)cc1. The van der Waals surface area contributed by atoms with E-state index in [1.165, 1.54) is 29.5 Å². The molecule has 0 bridgehead atoms. The maximum Gasteiger partial charge on any atom is 0.267 e. The number of halogens is 3. The monoisotopic (exact) mass is 727 g/mol. The number of aryl methyl sites for hydroxylation is 2. The first-order valence-electron chi connectivity index (χ1n) is 17.8. The Hall–Kier alpha value is -2.74. The van der Waals surface area contributed by atoms with Crippen molar-refractivity contribution in [1.82, 2.24) is 15.2 Å². The van der Waals surface area contributed by atoms with Gasteiger partial charge >= 0.3 is 0 Å². The second kappa shape index (κ2) is 22.8. The lowest BCUT2D eigenvalue weighted by molar-refractivity contribution is -0.0420. The molecule has 3 aromatic rings. The standard InChI is InChI=1S/C23H27BrN2O.C12H15F2N.3C2H6/c1-16(14-22-17(2)25-11-8-23(22)24)15-26-12-9-21(10-13-26)20-6-4-19(5-7-20)18(3)27;1-9-2-4-10(5-3-9)11-6-7-15-8-12(11,13)14;3*1-2/h4-8,11,14,21H,9-10,12-13,15H2,1-3H3;2-5,11,15H,6-8H2,1H3;3*1-2H3/b16-14+;;;;. The van der Waals surface area contributed by atoms with Crippen LogP contribution in [-0.4, -0.2) is 54.3 Å². The highest BCUT2D eigenvalue weighted by atomic mass is 79.9. The summed E-state index contributed by atoms with van der Waals surface area (Å²) in [7, 11) is 0. The van der Waals surface area contributed by atoms with Gasteiger partial charge < -0.3 is 5.32 Å². The summed E-state index contributed by atoms with van der Waals surface area (Å²) < 4.78 is 28.3. The highest BCUT2D eigenvalue weighted by Gasteiger charge is 2.42. The molecule has 2 aliphatic heterocycles. The molecular formula is C41H60BrF2N3O. The molecule has 2 aromatic carbocycles. The van der Waals surface area contributed by atoms with Crippen molar-refractivity contribution >= 4 is 27.8 Å². The van der Waals surface area contributed by atoms with Gasteiger partial charge in [-0.1, -0.05) is 123 Å². The molecule has 2 fully saturated rings. The number of alkyl halides is 2. The van der Waals surface area contributed by atoms with Crippen molar-refractivity contribution in [3.8, 4) is 0 Å². The van der Waals surface area contributed by atoms with Gasteiger partial charge in [-0.25, -0.2) is 8.78 Å². The van der Waals surface area contributed by atoms with Crippen LogP contribution in [0.3, 0.4) is 0 Å². The summed E-state index contributed by atoms with van der Waals surface area (Å²) in [5.74, 6) is -2.51. The summed E-state index contributed by atoms with van der Waals surface area (Å²) in [6.07, 6.45) is 6.93. The number of Topliss-reactive ketones (excluding diaryl/α,β-unsaturated/α-hetero) is 1. The van der Waals surface area contributed by atoms with Crippen LogP contribution in [0.1, 0.15) is 125 Å². The van der Waals surface area contributed by atoms with Crippen LogP contribution < -0.4 is 5.32 Å². The fraction of sp³-hybridized carbons (Fsp3) is 0.512. The van der Waals surface area contributed by atoms with Crippen LogP contribution in [0.2, 0.25) is 0 Å². The Kier molecular flexibility index (Phi) is 20.6. The molecule has 0 amide bonds. The first kappa shape index (κ1) is 43.3. The number of rotatable bonds is 6. The number of nitrogens with zero attached hydrogens (tertiary/aromatic N) is 2. The molecule has 0 spiro atoms. The Morgan fingerprint density at radius 3 is 1.98 bits per heavy atom. The van der Waals surface area contributed by atoms with Crippen LogP contribution in [-0.2, 0) is 0 Å². The molecule has 48 heavy (non-hydrogen) atoms. The van der Waals surface area contributed by atoms with Crippen LogP contribution in [0, 0.1) is 13.8 Å². The van der Waals surface area contributed by atoms with E-state index in [9.17, 15) is 13.6 Å². The second-order valence-electron chi connectivity index (χ2n) is 11.7. The summed E-state index contributed by atoms with van der Waals surface area (Å²) in [6.45, 7) is 23.5. The van der Waals surface area contributed by atoms with Gasteiger partial charge in [-0.2, -0.15) is 0 Å². The van der Waals surface area contributed by atoms with E-state index >= 15 is 0 Å². The van der Waals surface area contributed by atoms with E-state index in [-0.39, 0.29) is 12.3 Å². The van der Waals surface area contributed by atoms with Crippen molar-refractivity contribution in [3.05, 3.63) is 104 Å². The Morgan fingerprint density at radius 1 is 0.896 bits per heavy atom. The number of benzene rings is 2. The molecule has 5 rings (SSSR count). The number of carbonyl (C=O) groups excluding carboxylic acids is 1. The molecule has 0 aliphatic carbocycles. The normalized spacial score (nSPS) is 17.5. The number of ketones is 1. The first-order valence-corrected chi connectivity index (χ1v) is 18.6. The molecule has 2 aliphatic rings. The van der Waals surface area contributed by atoms with E-state index in [2.05, 4.69) is 56.3 Å². The Morgan fingerprint density at radius 2 is 1.46 bits per heavy atom. The fourth-order valence-electron chi connectivity index (χ4n) is 5.82. The lowest BCUT2D eigenvalue weighted by Crippen LogP contribution is -2.44. The van der Waals surface area contributed by atoms with Gasteiger partial charge in [-0.15, -0.1) is 0 Å². The van der Waals surface area contributed by atoms with Crippen molar-refractivity contribution in [2.75, 3.05) is 32.7 Å². The molecule has 2 saturated heterocycles. The molecule has 266 valence electrons. The topological polar surface area (TPSA) is 45.2 Å². The smallest absolute Gasteiger partial charge is 0.267 e. The summed E-state index contributed by atoms with van der Waals surface area (Å²) in [4.78, 5) is 18.4. The third kappa shape index (κ3) is 13.6. The van der Waals surface area contributed by atoms with Gasteiger partial charge in [0.2, 0.25) is 0 Å². The number of carbonyl (C=O) groups is 1. The molecule has 1 N–H and O–H groups in total. The first-order chi connectivity index (χ1) is 23.0. The summed E-state index contributed by atoms with van der Waals surface area (Å²) in [5.41, 5.74) is 7.61. The van der Waals surface area contributed by atoms with Gasteiger partial charge in [0, 0.05) is 34.0 Å². The molecule has 1 aromatic heterocycles. The van der Waals surface area contributed by atoms with Crippen molar-refractivity contribution < 1.29 is 13.6 Å². The summed E-state index contributed by atoms with van der Waals surface area (Å²) in [5, 5.41) is 2.74. The molecule has 4 nitrogen and oxygen atoms in total. The summed E-state index contributed by atoms with van der Waals surface area (Å²) >= 11 is 3.63. The maximum atomic E-state index is 13.6. The second-order valence-corrected chi connectivity index (χ2v) is 12.6. The Bertz CT molecular complexity index is 1350. The third-order valence-corrected chi connectivity index (χ3v) is 9.03. The minimum atomic E-state index is -2.62. The van der Waals surface area contributed by atoms with E-state index in [0.29, 0.717) is 18.9 Å². The van der Waals surface area contributed by atoms with Gasteiger partial charge in [0.25, 0.3) is 5.92 Å². The number of piperidine rings is 2. The van der Waals surface area contributed by atoms with E-state index < -0.39 is 11.8 Å². The minimum absolute atomic E-state index is 0.133. The molecule has 1 atom stereocenters. The molecule has 0 radical (unpaired) electrons. The van der Waals surface area contributed by atoms with Gasteiger partial charge in [-0.3, -0.25) is 14.7 Å². The fourth-order valence-corrected chi connectivity index (χ4v) is 6.34. The van der Waals surface area contributed by atoms with Crippen molar-refractivity contribution in [3.63, 3.8) is 0 Å². The van der Waals surface area contributed by atoms with Gasteiger partial charge in [0.15, 0.2) is 5.78 Å². The number of likely N-dealkylation sites (tertiary alicyclic amines) is 1. The van der Waals surface area contributed by atoms with Crippen LogP contribution in [0.5, 0.6) is 0 Å². The van der Waals surface area contributed by atoms with E-state index in [1.807, 2.05) is 104 Å². The highest BCUT2D eigenvalue weighted by molar-refractivity contribution is 9.10. The average Bonchev–Trinajstić information content (AvgIpc) is 3.10. The number of pyridine rings is 1. The molecule has 3 heterocycles. The minimum Gasteiger partial charge on any atom is -0.311 e. The largest absolute Gasteiger partial charge is 0.311 e. The number of nitrogens with one attached hydrogen (secondary N) is 1. The van der Waals surface area contributed by atoms with E-state index in [4.69, 9.17) is 0 Å². The number of aromatic nitrogens is 1. The van der Waals surface area contributed by atoms with Crippen molar-refractivity contribution in [2.24, 2.45) is 0 Å². The van der Waals surface area contributed by atoms with Crippen LogP contribution in [0.15, 0.2) is 70.8 Å². The Balaban J connectivity index is 0.000000463. The highest BCUT2D eigenvalue weighted by Crippen LogP contribution is 2.37. The third-order valence-electron chi connectivity index (χ3n) is 8.34. The molecule has 1 unspecified atom stereocenters. The van der Waals surface area contributed by atoms with Gasteiger partial charge in [-0.05, 0) is 89.7 Å². The molecule has 0 saturated carbocycles. The lowest BCUT2D eigenvalue weighted by Gasteiger charge is -2.32. The Labute approximate surface area is 299 Å². The zero-order valence-corrected chi connectivity index (χ0v) is 32.7. The molecular weight excluding hydrogens is 668 g/mol. The molecule has 7 heteroatoms.